The summed E-state index contributed by atoms with van der Waals surface area (Å²) in [4.78, 5) is 14.6. The molecule has 0 aliphatic carbocycles. The van der Waals surface area contributed by atoms with Gasteiger partial charge < -0.3 is 5.32 Å². The number of rotatable bonds is 4. The Bertz CT molecular complexity index is 784. The minimum Gasteiger partial charge on any atom is -0.321 e. The Kier molecular flexibility index (Phi) is 5.53. The van der Waals surface area contributed by atoms with Gasteiger partial charge in [-0.3, -0.25) is 9.69 Å². The van der Waals surface area contributed by atoms with Crippen LogP contribution in [0.2, 0.25) is 5.02 Å². The van der Waals surface area contributed by atoms with Gasteiger partial charge in [0, 0.05) is 17.1 Å². The van der Waals surface area contributed by atoms with Crippen LogP contribution in [0.5, 0.6) is 0 Å². The first-order valence-corrected chi connectivity index (χ1v) is 8.70. The lowest BCUT2D eigenvalue weighted by atomic mass is 10.1. The first-order valence-electron chi connectivity index (χ1n) is 8.32. The number of amides is 1. The molecule has 0 unspecified atom stereocenters. The lowest BCUT2D eigenvalue weighted by Gasteiger charge is -2.15. The van der Waals surface area contributed by atoms with Gasteiger partial charge in [-0.25, -0.2) is 0 Å². The van der Waals surface area contributed by atoms with Crippen molar-refractivity contribution in [2.24, 2.45) is 0 Å². The van der Waals surface area contributed by atoms with E-state index in [2.05, 4.69) is 10.2 Å². The van der Waals surface area contributed by atoms with Crippen LogP contribution in [0.3, 0.4) is 0 Å². The minimum atomic E-state index is -4.60. The number of hydrogen-bond acceptors (Lipinski definition) is 2. The van der Waals surface area contributed by atoms with Crippen molar-refractivity contribution < 1.29 is 18.0 Å². The molecule has 1 N–H and O–H groups in total. The maximum Gasteiger partial charge on any atom is 0.418 e. The zero-order valence-corrected chi connectivity index (χ0v) is 14.7. The normalized spacial score (nSPS) is 15.2. The quantitative estimate of drug-likeness (QED) is 0.787. The van der Waals surface area contributed by atoms with E-state index in [0.717, 1.165) is 37.3 Å². The molecule has 0 saturated carbocycles. The van der Waals surface area contributed by atoms with Gasteiger partial charge in [-0.15, -0.1) is 0 Å². The van der Waals surface area contributed by atoms with Crippen LogP contribution in [-0.4, -0.2) is 23.9 Å². The highest BCUT2D eigenvalue weighted by Gasteiger charge is 2.34. The molecule has 1 saturated heterocycles. The van der Waals surface area contributed by atoms with Crippen molar-refractivity contribution in [3.8, 4) is 0 Å². The van der Waals surface area contributed by atoms with Gasteiger partial charge in [0.05, 0.1) is 11.3 Å². The highest BCUT2D eigenvalue weighted by atomic mass is 35.5. The minimum absolute atomic E-state index is 0.0402. The Morgan fingerprint density at radius 1 is 1.08 bits per heavy atom. The Morgan fingerprint density at radius 2 is 1.73 bits per heavy atom. The molecule has 0 bridgehead atoms. The molecule has 3 nitrogen and oxygen atoms in total. The van der Waals surface area contributed by atoms with E-state index in [1.54, 1.807) is 12.1 Å². The molecule has 1 aliphatic heterocycles. The molecule has 3 rings (SSSR count). The monoisotopic (exact) mass is 382 g/mol. The number of likely N-dealkylation sites (tertiary alicyclic amines) is 1. The summed E-state index contributed by atoms with van der Waals surface area (Å²) in [5, 5.41) is 2.28. The molecule has 0 spiro atoms. The summed E-state index contributed by atoms with van der Waals surface area (Å²) in [5.74, 6) is -0.592. The summed E-state index contributed by atoms with van der Waals surface area (Å²) in [6.07, 6.45) is -2.21. The van der Waals surface area contributed by atoms with Crippen molar-refractivity contribution in [2.45, 2.75) is 25.6 Å². The smallest absolute Gasteiger partial charge is 0.321 e. The number of carbonyl (C=O) groups is 1. The summed E-state index contributed by atoms with van der Waals surface area (Å²) in [7, 11) is 0. The third-order valence-electron chi connectivity index (χ3n) is 4.36. The lowest BCUT2D eigenvalue weighted by molar-refractivity contribution is -0.136. The van der Waals surface area contributed by atoms with Crippen molar-refractivity contribution in [1.82, 2.24) is 4.90 Å². The largest absolute Gasteiger partial charge is 0.418 e. The van der Waals surface area contributed by atoms with Crippen LogP contribution < -0.4 is 5.32 Å². The Labute approximate surface area is 154 Å². The van der Waals surface area contributed by atoms with Crippen LogP contribution >= 0.6 is 11.6 Å². The van der Waals surface area contributed by atoms with Crippen molar-refractivity contribution >= 4 is 23.2 Å². The zero-order chi connectivity index (χ0) is 18.7. The van der Waals surface area contributed by atoms with E-state index in [-0.39, 0.29) is 10.7 Å². The van der Waals surface area contributed by atoms with Gasteiger partial charge >= 0.3 is 6.18 Å². The van der Waals surface area contributed by atoms with Crippen molar-refractivity contribution in [3.63, 3.8) is 0 Å². The molecule has 1 amide bonds. The molecule has 1 fully saturated rings. The van der Waals surface area contributed by atoms with Crippen LogP contribution in [-0.2, 0) is 12.7 Å². The summed E-state index contributed by atoms with van der Waals surface area (Å²) in [6, 6.07) is 10.2. The molecule has 1 heterocycles. The summed E-state index contributed by atoms with van der Waals surface area (Å²) < 4.78 is 39.3. The van der Waals surface area contributed by atoms with Crippen molar-refractivity contribution in [1.29, 1.82) is 0 Å². The van der Waals surface area contributed by atoms with E-state index in [1.165, 1.54) is 18.9 Å². The van der Waals surface area contributed by atoms with E-state index in [0.29, 0.717) is 5.56 Å². The fraction of sp³-hybridized carbons (Fsp3) is 0.316. The number of halogens is 4. The first-order chi connectivity index (χ1) is 12.3. The fourth-order valence-corrected chi connectivity index (χ4v) is 3.19. The number of benzene rings is 2. The van der Waals surface area contributed by atoms with Crippen LogP contribution in [0.15, 0.2) is 42.5 Å². The van der Waals surface area contributed by atoms with Gasteiger partial charge in [-0.2, -0.15) is 13.2 Å². The second-order valence-electron chi connectivity index (χ2n) is 6.32. The number of carbonyl (C=O) groups excluding carboxylic acids is 1. The van der Waals surface area contributed by atoms with E-state index >= 15 is 0 Å². The van der Waals surface area contributed by atoms with Crippen molar-refractivity contribution in [3.05, 3.63) is 64.2 Å². The maximum atomic E-state index is 13.1. The SMILES string of the molecule is O=C(Nc1ccc(Cl)cc1C(F)(F)F)c1ccc(CN2CCCC2)cc1. The summed E-state index contributed by atoms with van der Waals surface area (Å²) in [6.45, 7) is 2.95. The second-order valence-corrected chi connectivity index (χ2v) is 6.76. The molecule has 0 atom stereocenters. The topological polar surface area (TPSA) is 32.3 Å². The number of hydrogen-bond donors (Lipinski definition) is 1. The predicted octanol–water partition coefficient (Wildman–Crippen LogP) is 5.21. The number of nitrogens with zero attached hydrogens (tertiary/aromatic N) is 1. The Balaban J connectivity index is 1.72. The third kappa shape index (κ3) is 4.56. The van der Waals surface area contributed by atoms with Crippen LogP contribution in [0, 0.1) is 0 Å². The lowest BCUT2D eigenvalue weighted by Crippen LogP contribution is -2.19. The average Bonchev–Trinajstić information content (AvgIpc) is 3.09. The number of nitrogens with one attached hydrogen (secondary N) is 1. The number of alkyl halides is 3. The highest BCUT2D eigenvalue weighted by Crippen LogP contribution is 2.36. The number of anilines is 1. The van der Waals surface area contributed by atoms with Gasteiger partial charge in [0.1, 0.15) is 0 Å². The Hall–Kier alpha value is -2.05. The molecule has 1 aliphatic rings. The van der Waals surface area contributed by atoms with E-state index in [4.69, 9.17) is 11.6 Å². The molecular weight excluding hydrogens is 365 g/mol. The molecule has 2 aromatic rings. The molecule has 2 aromatic carbocycles. The molecule has 138 valence electrons. The molecular formula is C19H18ClF3N2O. The Morgan fingerprint density at radius 3 is 2.35 bits per heavy atom. The maximum absolute atomic E-state index is 13.1. The van der Waals surface area contributed by atoms with Gasteiger partial charge in [-0.1, -0.05) is 23.7 Å². The van der Waals surface area contributed by atoms with Gasteiger partial charge in [0.15, 0.2) is 0 Å². The molecule has 7 heteroatoms. The van der Waals surface area contributed by atoms with Crippen LogP contribution in [0.4, 0.5) is 18.9 Å². The standard InChI is InChI=1S/C19H18ClF3N2O/c20-15-7-8-17(16(11-15)19(21,22)23)24-18(26)14-5-3-13(4-6-14)12-25-9-1-2-10-25/h3-8,11H,1-2,9-10,12H2,(H,24,26). The first kappa shape index (κ1) is 18.7. The average molecular weight is 383 g/mol. The molecule has 26 heavy (non-hydrogen) atoms. The highest BCUT2D eigenvalue weighted by molar-refractivity contribution is 6.30. The van der Waals surface area contributed by atoms with Crippen molar-refractivity contribution in [2.75, 3.05) is 18.4 Å². The van der Waals surface area contributed by atoms with Crippen LogP contribution in [0.1, 0.15) is 34.3 Å². The van der Waals surface area contributed by atoms with Gasteiger partial charge in [0.2, 0.25) is 0 Å². The summed E-state index contributed by atoms with van der Waals surface area (Å²) >= 11 is 5.65. The predicted molar refractivity (Wildman–Crippen MR) is 95.4 cm³/mol. The van der Waals surface area contributed by atoms with E-state index in [1.807, 2.05) is 12.1 Å². The van der Waals surface area contributed by atoms with Gasteiger partial charge in [-0.05, 0) is 61.8 Å². The molecule has 0 aromatic heterocycles. The second kappa shape index (κ2) is 7.68. The zero-order valence-electron chi connectivity index (χ0n) is 13.9. The van der Waals surface area contributed by atoms with Gasteiger partial charge in [0.25, 0.3) is 5.91 Å². The summed E-state index contributed by atoms with van der Waals surface area (Å²) in [5.41, 5.74) is 0.0983. The fourth-order valence-electron chi connectivity index (χ4n) is 3.01. The van der Waals surface area contributed by atoms with E-state index < -0.39 is 17.6 Å². The molecule has 0 radical (unpaired) electrons. The van der Waals surface area contributed by atoms with Crippen LogP contribution in [0.25, 0.3) is 0 Å². The van der Waals surface area contributed by atoms with E-state index in [9.17, 15) is 18.0 Å². The third-order valence-corrected chi connectivity index (χ3v) is 4.59.